The molecule has 3 aromatic rings. The number of rotatable bonds is 3. The molecular weight excluding hydrogens is 279 g/mol. The molecule has 2 aromatic carbocycles. The summed E-state index contributed by atoms with van der Waals surface area (Å²) in [5.41, 5.74) is 3.39. The maximum Gasteiger partial charge on any atom is 0.244 e. The van der Waals surface area contributed by atoms with Gasteiger partial charge < -0.3 is 9.88 Å². The van der Waals surface area contributed by atoms with Gasteiger partial charge >= 0.3 is 0 Å². The van der Waals surface area contributed by atoms with Crippen LogP contribution in [0.1, 0.15) is 11.3 Å². The summed E-state index contributed by atoms with van der Waals surface area (Å²) in [7, 11) is 0. The Bertz CT molecular complexity index is 851. The van der Waals surface area contributed by atoms with Crippen LogP contribution in [0, 0.1) is 19.7 Å². The Morgan fingerprint density at radius 3 is 2.73 bits per heavy atom. The Balaban J connectivity index is 1.84. The van der Waals surface area contributed by atoms with Crippen molar-refractivity contribution in [2.75, 3.05) is 5.32 Å². The quantitative estimate of drug-likeness (QED) is 0.777. The smallest absolute Gasteiger partial charge is 0.244 e. The van der Waals surface area contributed by atoms with E-state index in [4.69, 9.17) is 0 Å². The summed E-state index contributed by atoms with van der Waals surface area (Å²) in [5.74, 6) is -0.526. The number of aromatic nitrogens is 1. The van der Waals surface area contributed by atoms with Crippen molar-refractivity contribution in [1.29, 1.82) is 0 Å². The number of hydrogen-bond donors (Lipinski definition) is 1. The van der Waals surface area contributed by atoms with Crippen LogP contribution in [0.15, 0.2) is 48.5 Å². The average molecular weight is 296 g/mol. The zero-order chi connectivity index (χ0) is 15.7. The van der Waals surface area contributed by atoms with Gasteiger partial charge in [-0.05, 0) is 49.1 Å². The van der Waals surface area contributed by atoms with Crippen molar-refractivity contribution >= 4 is 22.5 Å². The van der Waals surface area contributed by atoms with E-state index in [0.717, 1.165) is 22.2 Å². The molecule has 0 saturated carbocycles. The molecule has 3 rings (SSSR count). The van der Waals surface area contributed by atoms with Crippen molar-refractivity contribution in [3.8, 4) is 0 Å². The highest BCUT2D eigenvalue weighted by molar-refractivity contribution is 5.93. The summed E-state index contributed by atoms with van der Waals surface area (Å²) in [6.07, 6.45) is 0. The molecule has 0 spiro atoms. The first-order valence-electron chi connectivity index (χ1n) is 7.15. The minimum absolute atomic E-state index is 0.168. The predicted octanol–water partition coefficient (Wildman–Crippen LogP) is 4.04. The fraction of sp³-hybridized carbons (Fsp3) is 0.167. The van der Waals surface area contributed by atoms with E-state index >= 15 is 0 Å². The van der Waals surface area contributed by atoms with Crippen LogP contribution < -0.4 is 5.32 Å². The number of anilines is 1. The average Bonchev–Trinajstić information content (AvgIpc) is 2.79. The zero-order valence-electron chi connectivity index (χ0n) is 12.6. The van der Waals surface area contributed by atoms with Gasteiger partial charge in [0, 0.05) is 16.9 Å². The Labute approximate surface area is 128 Å². The standard InChI is InChI=1S/C18H17FN2O/c1-12-7-8-15(19)10-16(12)20-18(22)11-21-13(2)9-14-5-3-4-6-17(14)21/h3-10H,11H2,1-2H3,(H,20,22). The minimum atomic E-state index is -0.358. The molecule has 1 heterocycles. The van der Waals surface area contributed by atoms with Crippen LogP contribution in [0.5, 0.6) is 0 Å². The van der Waals surface area contributed by atoms with Crippen molar-refractivity contribution in [2.24, 2.45) is 0 Å². The number of nitrogens with one attached hydrogen (secondary N) is 1. The molecule has 0 bridgehead atoms. The molecule has 4 heteroatoms. The number of hydrogen-bond acceptors (Lipinski definition) is 1. The molecule has 0 aliphatic rings. The van der Waals surface area contributed by atoms with E-state index in [1.54, 1.807) is 6.07 Å². The summed E-state index contributed by atoms with van der Waals surface area (Å²) in [6.45, 7) is 4.02. The van der Waals surface area contributed by atoms with Crippen molar-refractivity contribution in [1.82, 2.24) is 4.57 Å². The van der Waals surface area contributed by atoms with Gasteiger partial charge in [0.15, 0.2) is 0 Å². The van der Waals surface area contributed by atoms with Crippen molar-refractivity contribution in [2.45, 2.75) is 20.4 Å². The largest absolute Gasteiger partial charge is 0.335 e. The molecule has 112 valence electrons. The highest BCUT2D eigenvalue weighted by atomic mass is 19.1. The number of halogens is 1. The van der Waals surface area contributed by atoms with Gasteiger partial charge in [0.05, 0.1) is 0 Å². The number of aryl methyl sites for hydroxylation is 2. The van der Waals surface area contributed by atoms with Gasteiger partial charge in [0.1, 0.15) is 12.4 Å². The lowest BCUT2D eigenvalue weighted by molar-refractivity contribution is -0.116. The first-order valence-corrected chi connectivity index (χ1v) is 7.15. The number of carbonyl (C=O) groups excluding carboxylic acids is 1. The third-order valence-corrected chi connectivity index (χ3v) is 3.79. The second-order valence-corrected chi connectivity index (χ2v) is 5.44. The zero-order valence-corrected chi connectivity index (χ0v) is 12.6. The molecule has 0 unspecified atom stereocenters. The summed E-state index contributed by atoms with van der Waals surface area (Å²) < 4.78 is 15.2. The first kappa shape index (κ1) is 14.3. The van der Waals surface area contributed by atoms with Crippen LogP contribution in [-0.4, -0.2) is 10.5 Å². The predicted molar refractivity (Wildman–Crippen MR) is 86.4 cm³/mol. The van der Waals surface area contributed by atoms with Gasteiger partial charge in [0.2, 0.25) is 5.91 Å². The molecule has 0 aliphatic heterocycles. The van der Waals surface area contributed by atoms with Crippen LogP contribution in [0.4, 0.5) is 10.1 Å². The Morgan fingerprint density at radius 1 is 1.14 bits per heavy atom. The van der Waals surface area contributed by atoms with E-state index in [2.05, 4.69) is 11.4 Å². The fourth-order valence-corrected chi connectivity index (χ4v) is 2.62. The summed E-state index contributed by atoms with van der Waals surface area (Å²) in [4.78, 5) is 12.3. The summed E-state index contributed by atoms with van der Waals surface area (Å²) in [6, 6.07) is 14.4. The van der Waals surface area contributed by atoms with Gasteiger partial charge in [-0.25, -0.2) is 4.39 Å². The Morgan fingerprint density at radius 2 is 1.91 bits per heavy atom. The normalized spacial score (nSPS) is 10.9. The van der Waals surface area contributed by atoms with Crippen molar-refractivity contribution in [3.05, 3.63) is 65.6 Å². The number of amides is 1. The molecule has 0 fully saturated rings. The van der Waals surface area contributed by atoms with Gasteiger partial charge in [-0.15, -0.1) is 0 Å². The monoisotopic (exact) mass is 296 g/mol. The Hall–Kier alpha value is -2.62. The third-order valence-electron chi connectivity index (χ3n) is 3.79. The van der Waals surface area contributed by atoms with Crippen molar-refractivity contribution in [3.63, 3.8) is 0 Å². The molecule has 1 aromatic heterocycles. The lowest BCUT2D eigenvalue weighted by Crippen LogP contribution is -2.19. The molecule has 0 atom stereocenters. The SMILES string of the molecule is Cc1ccc(F)cc1NC(=O)Cn1c(C)cc2ccccc21. The van der Waals surface area contributed by atoms with Crippen LogP contribution >= 0.6 is 0 Å². The van der Waals surface area contributed by atoms with Crippen LogP contribution in [-0.2, 0) is 11.3 Å². The lowest BCUT2D eigenvalue weighted by atomic mass is 10.2. The van der Waals surface area contributed by atoms with Crippen LogP contribution in [0.2, 0.25) is 0 Å². The molecule has 1 amide bonds. The maximum atomic E-state index is 13.3. The highest BCUT2D eigenvalue weighted by Gasteiger charge is 2.11. The summed E-state index contributed by atoms with van der Waals surface area (Å²) >= 11 is 0. The molecule has 3 nitrogen and oxygen atoms in total. The highest BCUT2D eigenvalue weighted by Crippen LogP contribution is 2.20. The number of benzene rings is 2. The third kappa shape index (κ3) is 2.72. The van der Waals surface area contributed by atoms with Gasteiger partial charge in [-0.1, -0.05) is 24.3 Å². The molecule has 22 heavy (non-hydrogen) atoms. The lowest BCUT2D eigenvalue weighted by Gasteiger charge is -2.11. The molecule has 0 saturated heterocycles. The number of nitrogens with zero attached hydrogens (tertiary/aromatic N) is 1. The van der Waals surface area contributed by atoms with Gasteiger partial charge in [-0.2, -0.15) is 0 Å². The van der Waals surface area contributed by atoms with E-state index in [1.165, 1.54) is 12.1 Å². The van der Waals surface area contributed by atoms with E-state index in [9.17, 15) is 9.18 Å². The number of fused-ring (bicyclic) bond motifs is 1. The number of para-hydroxylation sites is 1. The fourth-order valence-electron chi connectivity index (χ4n) is 2.62. The Kier molecular flexibility index (Phi) is 3.67. The van der Waals surface area contributed by atoms with Gasteiger partial charge in [-0.3, -0.25) is 4.79 Å². The molecule has 1 N–H and O–H groups in total. The first-order chi connectivity index (χ1) is 10.5. The maximum absolute atomic E-state index is 13.3. The van der Waals surface area contributed by atoms with Gasteiger partial charge in [0.25, 0.3) is 0 Å². The van der Waals surface area contributed by atoms with Crippen molar-refractivity contribution < 1.29 is 9.18 Å². The molecular formula is C18H17FN2O. The second kappa shape index (κ2) is 5.64. The van der Waals surface area contributed by atoms with E-state index in [-0.39, 0.29) is 18.3 Å². The van der Waals surface area contributed by atoms with Crippen LogP contribution in [0.25, 0.3) is 10.9 Å². The van der Waals surface area contributed by atoms with E-state index < -0.39 is 0 Å². The number of carbonyl (C=O) groups is 1. The van der Waals surface area contributed by atoms with E-state index in [0.29, 0.717) is 5.69 Å². The van der Waals surface area contributed by atoms with E-state index in [1.807, 2.05) is 42.7 Å². The van der Waals surface area contributed by atoms with Crippen LogP contribution in [0.3, 0.4) is 0 Å². The topological polar surface area (TPSA) is 34.0 Å². The minimum Gasteiger partial charge on any atom is -0.335 e. The molecule has 0 aliphatic carbocycles. The molecule has 0 radical (unpaired) electrons. The summed E-state index contributed by atoms with van der Waals surface area (Å²) in [5, 5.41) is 3.89. The second-order valence-electron chi connectivity index (χ2n) is 5.44.